The molecule has 8 nitrogen and oxygen atoms in total. The van der Waals surface area contributed by atoms with Gasteiger partial charge in [-0.15, -0.1) is 0 Å². The summed E-state index contributed by atoms with van der Waals surface area (Å²) in [5.41, 5.74) is 3.22. The largest absolute Gasteiger partial charge is 0.483 e. The summed E-state index contributed by atoms with van der Waals surface area (Å²) in [6.45, 7) is 7.84. The molecule has 0 aromatic heterocycles. The zero-order valence-corrected chi connectivity index (χ0v) is 16.7. The first-order chi connectivity index (χ1) is 11.3. The van der Waals surface area contributed by atoms with Crippen LogP contribution in [0.3, 0.4) is 0 Å². The first-order valence-corrected chi connectivity index (χ1v) is 10.8. The topological polar surface area (TPSA) is 134 Å². The van der Waals surface area contributed by atoms with Gasteiger partial charge in [0.2, 0.25) is 0 Å². The lowest BCUT2D eigenvalue weighted by Crippen LogP contribution is -2.08. The molecule has 0 bridgehead atoms. The Morgan fingerprint density at radius 3 is 2.00 bits per heavy atom. The van der Waals surface area contributed by atoms with Crippen molar-refractivity contribution in [2.24, 2.45) is 0 Å². The maximum absolute atomic E-state index is 11.3. The maximum atomic E-state index is 11.3. The Hall–Kier alpha value is -0.560. The molecule has 2 atom stereocenters. The third kappa shape index (κ3) is 15.4. The summed E-state index contributed by atoms with van der Waals surface area (Å²) in [6, 6.07) is 0. The zero-order valence-electron chi connectivity index (χ0n) is 15.0. The Morgan fingerprint density at radius 2 is 1.48 bits per heavy atom. The first kappa shape index (κ1) is 24.4. The Labute approximate surface area is 148 Å². The molecule has 0 saturated heterocycles. The fourth-order valence-corrected chi connectivity index (χ4v) is 3.45. The van der Waals surface area contributed by atoms with Crippen molar-refractivity contribution in [3.63, 3.8) is 0 Å². The summed E-state index contributed by atoms with van der Waals surface area (Å²) in [7, 11) is -10.3. The van der Waals surface area contributed by atoms with Crippen LogP contribution < -0.4 is 0 Å². The summed E-state index contributed by atoms with van der Waals surface area (Å²) >= 11 is 0. The van der Waals surface area contributed by atoms with Gasteiger partial charge in [-0.05, 0) is 59.5 Å². The van der Waals surface area contributed by atoms with Crippen molar-refractivity contribution in [3.8, 4) is 0 Å². The first-order valence-electron chi connectivity index (χ1n) is 7.73. The van der Waals surface area contributed by atoms with E-state index >= 15 is 0 Å². The van der Waals surface area contributed by atoms with E-state index in [1.165, 1.54) is 17.2 Å². The molecule has 2 unspecified atom stereocenters. The van der Waals surface area contributed by atoms with E-state index < -0.39 is 21.9 Å². The van der Waals surface area contributed by atoms with Gasteiger partial charge >= 0.3 is 15.6 Å². The van der Waals surface area contributed by atoms with Crippen molar-refractivity contribution in [1.29, 1.82) is 0 Å². The summed E-state index contributed by atoms with van der Waals surface area (Å²) in [5, 5.41) is 9.54. The predicted molar refractivity (Wildman–Crippen MR) is 95.5 cm³/mol. The lowest BCUT2D eigenvalue weighted by atomic mass is 10.1. The summed E-state index contributed by atoms with van der Waals surface area (Å²) < 4.78 is 29.6. The molecular weight excluding hydrogens is 370 g/mol. The third-order valence-corrected chi connectivity index (χ3v) is 5.16. The number of hydrogen-bond acceptors (Lipinski definition) is 5. The van der Waals surface area contributed by atoms with Crippen LogP contribution >= 0.6 is 15.6 Å². The quantitative estimate of drug-likeness (QED) is 0.234. The molecule has 0 rings (SSSR count). The second-order valence-electron chi connectivity index (χ2n) is 5.96. The van der Waals surface area contributed by atoms with E-state index in [0.29, 0.717) is 12.0 Å². The summed E-state index contributed by atoms with van der Waals surface area (Å²) in [5.74, 6) is 0. The van der Waals surface area contributed by atoms with Crippen LogP contribution in [-0.2, 0) is 18.0 Å². The van der Waals surface area contributed by atoms with Crippen LogP contribution in [0.5, 0.6) is 0 Å². The lowest BCUT2D eigenvalue weighted by Gasteiger charge is -2.15. The predicted octanol–water partition coefficient (Wildman–Crippen LogP) is 3.95. The van der Waals surface area contributed by atoms with Gasteiger partial charge in [-0.25, -0.2) is 9.13 Å². The second-order valence-corrected chi connectivity index (χ2v) is 8.74. The van der Waals surface area contributed by atoms with Crippen LogP contribution in [0, 0.1) is 0 Å². The van der Waals surface area contributed by atoms with Gasteiger partial charge in [0, 0.05) is 0 Å². The number of phosphoric ester groups is 1. The number of rotatable bonds is 11. The second kappa shape index (κ2) is 11.2. The Balaban J connectivity index is 4.41. The van der Waals surface area contributed by atoms with Crippen LogP contribution in [0.15, 0.2) is 34.9 Å². The monoisotopic (exact) mass is 398 g/mol. The number of allylic oxidation sites excluding steroid dienone is 5. The average Bonchev–Trinajstić information content (AvgIpc) is 2.33. The molecule has 146 valence electrons. The average molecular weight is 398 g/mol. The van der Waals surface area contributed by atoms with Crippen molar-refractivity contribution in [2.75, 3.05) is 0 Å². The molecule has 0 aromatic carbocycles. The number of aliphatic hydroxyl groups is 1. The van der Waals surface area contributed by atoms with Crippen LogP contribution in [0.2, 0.25) is 0 Å². The van der Waals surface area contributed by atoms with Crippen molar-refractivity contribution in [3.05, 3.63) is 34.9 Å². The molecule has 0 fully saturated rings. The van der Waals surface area contributed by atoms with E-state index in [-0.39, 0.29) is 0 Å². The zero-order chi connectivity index (χ0) is 19.7. The van der Waals surface area contributed by atoms with Crippen molar-refractivity contribution in [1.82, 2.24) is 0 Å². The van der Waals surface area contributed by atoms with E-state index in [1.54, 1.807) is 6.92 Å². The van der Waals surface area contributed by atoms with Gasteiger partial charge in [-0.2, -0.15) is 4.31 Å². The third-order valence-electron chi connectivity index (χ3n) is 3.00. The van der Waals surface area contributed by atoms with Gasteiger partial charge in [0.15, 0.2) is 6.29 Å². The fourth-order valence-electron chi connectivity index (χ4n) is 1.88. The highest BCUT2D eigenvalue weighted by atomic mass is 31.3. The van der Waals surface area contributed by atoms with Gasteiger partial charge < -0.3 is 19.8 Å². The smallest absolute Gasteiger partial charge is 0.364 e. The number of aliphatic hydroxyl groups excluding tert-OH is 1. The minimum Gasteiger partial charge on any atom is -0.364 e. The molecule has 0 aromatic rings. The molecule has 0 amide bonds. The van der Waals surface area contributed by atoms with Gasteiger partial charge in [0.25, 0.3) is 0 Å². The molecule has 10 heteroatoms. The lowest BCUT2D eigenvalue weighted by molar-refractivity contribution is 0.00108. The fraction of sp³-hybridized carbons (Fsp3) is 0.600. The van der Waals surface area contributed by atoms with Gasteiger partial charge in [-0.1, -0.05) is 28.9 Å². The maximum Gasteiger partial charge on any atom is 0.483 e. The van der Waals surface area contributed by atoms with Crippen LogP contribution in [-0.4, -0.2) is 26.1 Å². The molecule has 0 aliphatic carbocycles. The molecule has 0 saturated carbocycles. The van der Waals surface area contributed by atoms with Crippen LogP contribution in [0.4, 0.5) is 0 Å². The highest BCUT2D eigenvalue weighted by Crippen LogP contribution is 2.58. The molecule has 0 aliphatic rings. The summed E-state index contributed by atoms with van der Waals surface area (Å²) in [4.78, 5) is 26.1. The van der Waals surface area contributed by atoms with Gasteiger partial charge in [-0.3, -0.25) is 4.52 Å². The van der Waals surface area contributed by atoms with Crippen molar-refractivity contribution < 1.29 is 37.8 Å². The number of hydrogen-bond donors (Lipinski definition) is 4. The Bertz CT molecular complexity index is 599. The van der Waals surface area contributed by atoms with Crippen LogP contribution in [0.1, 0.15) is 53.4 Å². The van der Waals surface area contributed by atoms with E-state index in [0.717, 1.165) is 19.3 Å². The molecule has 0 aliphatic heterocycles. The van der Waals surface area contributed by atoms with E-state index in [1.807, 2.05) is 6.92 Å². The molecule has 0 heterocycles. The van der Waals surface area contributed by atoms with E-state index in [9.17, 15) is 14.2 Å². The highest BCUT2D eigenvalue weighted by molar-refractivity contribution is 7.60. The Kier molecular flexibility index (Phi) is 11.0. The minimum atomic E-state index is -5.20. The molecule has 0 spiro atoms. The molecule has 25 heavy (non-hydrogen) atoms. The molecular formula is C15H28O8P2. The normalized spacial score (nSPS) is 17.1. The van der Waals surface area contributed by atoms with E-state index in [2.05, 4.69) is 34.8 Å². The van der Waals surface area contributed by atoms with Gasteiger partial charge in [0.1, 0.15) is 0 Å². The van der Waals surface area contributed by atoms with Crippen molar-refractivity contribution >= 4 is 15.6 Å². The van der Waals surface area contributed by atoms with Crippen molar-refractivity contribution in [2.45, 2.75) is 59.7 Å². The molecule has 4 N–H and O–H groups in total. The van der Waals surface area contributed by atoms with E-state index in [4.69, 9.17) is 14.7 Å². The standard InChI is InChI=1S/C15H28O8P2/c1-12(2)7-5-8-13(3)9-6-10-14(4)11-15(16)22-25(20,21)23-24(17,18)19/h7,9,11,15-16H,5-6,8,10H2,1-4H3,(H,20,21)(H2,17,18,19). The summed E-state index contributed by atoms with van der Waals surface area (Å²) in [6.07, 6.45) is 6.88. The van der Waals surface area contributed by atoms with Crippen LogP contribution in [0.25, 0.3) is 0 Å². The molecule has 0 radical (unpaired) electrons. The Morgan fingerprint density at radius 1 is 0.960 bits per heavy atom. The minimum absolute atomic E-state index is 0.593. The van der Waals surface area contributed by atoms with Gasteiger partial charge in [0.05, 0.1) is 0 Å². The number of phosphoric acid groups is 2. The highest BCUT2D eigenvalue weighted by Gasteiger charge is 2.34. The SMILES string of the molecule is CC(C)=CCCC(C)=CCCC(C)=CC(O)OP(=O)(O)OP(=O)(O)O.